The summed E-state index contributed by atoms with van der Waals surface area (Å²) in [5.74, 6) is -0.671. The summed E-state index contributed by atoms with van der Waals surface area (Å²) < 4.78 is 26.4. The second-order valence-corrected chi connectivity index (χ2v) is 4.84. The van der Waals surface area contributed by atoms with Crippen LogP contribution in [0.3, 0.4) is 0 Å². The first kappa shape index (κ1) is 11.5. The predicted molar refractivity (Wildman–Crippen MR) is 57.9 cm³/mol. The van der Waals surface area contributed by atoms with Gasteiger partial charge in [0.25, 0.3) is 0 Å². The molecule has 0 amide bonds. The summed E-state index contributed by atoms with van der Waals surface area (Å²) in [5, 5.41) is 10.4. The molecule has 1 aliphatic carbocycles. The maximum absolute atomic E-state index is 13.6. The molecule has 0 spiro atoms. The molecule has 0 bridgehead atoms. The summed E-state index contributed by atoms with van der Waals surface area (Å²) in [6, 6.07) is 3.40. The van der Waals surface area contributed by atoms with Crippen molar-refractivity contribution in [2.24, 2.45) is 5.92 Å². The Morgan fingerprint density at radius 3 is 2.44 bits per heavy atom. The molecule has 1 saturated carbocycles. The largest absolute Gasteiger partial charge is 0.385 e. The van der Waals surface area contributed by atoms with E-state index in [9.17, 15) is 13.9 Å². The number of benzene rings is 1. The molecule has 1 N–H and O–H groups in total. The molecule has 1 fully saturated rings. The first-order chi connectivity index (χ1) is 7.51. The first-order valence-corrected chi connectivity index (χ1v) is 5.69. The van der Waals surface area contributed by atoms with Crippen molar-refractivity contribution < 1.29 is 13.9 Å². The Balaban J connectivity index is 2.29. The van der Waals surface area contributed by atoms with Crippen molar-refractivity contribution in [3.8, 4) is 0 Å². The number of rotatable bonds is 1. The Hall–Kier alpha value is -0.960. The van der Waals surface area contributed by atoms with Crippen molar-refractivity contribution in [1.29, 1.82) is 0 Å². The highest BCUT2D eigenvalue weighted by Crippen LogP contribution is 2.40. The standard InChI is InChI=1S/C13H16F2O/c1-9-4-6-13(16,7-5-9)11-3-2-10(14)8-12(11)15/h2-3,8-9,16H,4-7H2,1H3. The number of aliphatic hydroxyl groups is 1. The third kappa shape index (κ3) is 2.09. The first-order valence-electron chi connectivity index (χ1n) is 5.69. The molecule has 16 heavy (non-hydrogen) atoms. The molecule has 1 aliphatic rings. The van der Waals surface area contributed by atoms with Gasteiger partial charge in [0.05, 0.1) is 5.60 Å². The van der Waals surface area contributed by atoms with Gasteiger partial charge in [-0.1, -0.05) is 13.0 Å². The van der Waals surface area contributed by atoms with Crippen LogP contribution in [0.25, 0.3) is 0 Å². The van der Waals surface area contributed by atoms with E-state index in [-0.39, 0.29) is 5.56 Å². The monoisotopic (exact) mass is 226 g/mol. The van der Waals surface area contributed by atoms with Gasteiger partial charge in [-0.2, -0.15) is 0 Å². The van der Waals surface area contributed by atoms with Crippen LogP contribution in [-0.2, 0) is 5.60 Å². The molecule has 0 unspecified atom stereocenters. The average Bonchev–Trinajstić information content (AvgIpc) is 2.22. The fourth-order valence-corrected chi connectivity index (χ4v) is 2.38. The molecule has 1 nitrogen and oxygen atoms in total. The van der Waals surface area contributed by atoms with Crippen LogP contribution in [0.5, 0.6) is 0 Å². The minimum atomic E-state index is -1.11. The fraction of sp³-hybridized carbons (Fsp3) is 0.538. The lowest BCUT2D eigenvalue weighted by atomic mass is 9.75. The smallest absolute Gasteiger partial charge is 0.132 e. The van der Waals surface area contributed by atoms with Crippen LogP contribution in [-0.4, -0.2) is 5.11 Å². The van der Waals surface area contributed by atoms with Crippen LogP contribution < -0.4 is 0 Å². The van der Waals surface area contributed by atoms with Crippen LogP contribution in [0.4, 0.5) is 8.78 Å². The van der Waals surface area contributed by atoms with E-state index < -0.39 is 17.2 Å². The third-order valence-corrected chi connectivity index (χ3v) is 3.53. The van der Waals surface area contributed by atoms with Gasteiger partial charge in [0.1, 0.15) is 11.6 Å². The van der Waals surface area contributed by atoms with E-state index in [2.05, 4.69) is 6.92 Å². The predicted octanol–water partition coefficient (Wildman–Crippen LogP) is 3.36. The maximum Gasteiger partial charge on any atom is 0.132 e. The zero-order valence-electron chi connectivity index (χ0n) is 9.34. The molecule has 0 heterocycles. The summed E-state index contributed by atoms with van der Waals surface area (Å²) >= 11 is 0. The molecular weight excluding hydrogens is 210 g/mol. The van der Waals surface area contributed by atoms with Crippen LogP contribution in [0, 0.1) is 17.6 Å². The van der Waals surface area contributed by atoms with Crippen molar-refractivity contribution in [3.05, 3.63) is 35.4 Å². The molecule has 0 aromatic heterocycles. The molecule has 88 valence electrons. The van der Waals surface area contributed by atoms with Gasteiger partial charge < -0.3 is 5.11 Å². The summed E-state index contributed by atoms with van der Waals surface area (Å²) in [4.78, 5) is 0. The molecule has 0 aliphatic heterocycles. The van der Waals surface area contributed by atoms with Gasteiger partial charge in [-0.05, 0) is 37.7 Å². The highest BCUT2D eigenvalue weighted by Gasteiger charge is 2.35. The van der Waals surface area contributed by atoms with E-state index in [1.165, 1.54) is 12.1 Å². The quantitative estimate of drug-likeness (QED) is 0.778. The fourth-order valence-electron chi connectivity index (χ4n) is 2.38. The molecule has 0 saturated heterocycles. The van der Waals surface area contributed by atoms with Crippen molar-refractivity contribution in [3.63, 3.8) is 0 Å². The Bertz CT molecular complexity index is 382. The maximum atomic E-state index is 13.6. The van der Waals surface area contributed by atoms with E-state index in [1.807, 2.05) is 0 Å². The molecule has 3 heteroatoms. The Morgan fingerprint density at radius 1 is 1.25 bits per heavy atom. The summed E-state index contributed by atoms with van der Waals surface area (Å²) in [5.41, 5.74) is -0.870. The molecule has 0 atom stereocenters. The van der Waals surface area contributed by atoms with Gasteiger partial charge in [-0.3, -0.25) is 0 Å². The van der Waals surface area contributed by atoms with E-state index in [0.29, 0.717) is 18.8 Å². The zero-order valence-corrected chi connectivity index (χ0v) is 9.34. The number of hydrogen-bond donors (Lipinski definition) is 1. The number of halogens is 2. The second kappa shape index (κ2) is 4.13. The average molecular weight is 226 g/mol. The van der Waals surface area contributed by atoms with Gasteiger partial charge in [0.2, 0.25) is 0 Å². The molecule has 1 aromatic rings. The summed E-state index contributed by atoms with van der Waals surface area (Å²) in [6.45, 7) is 2.13. The van der Waals surface area contributed by atoms with Gasteiger partial charge in [-0.25, -0.2) is 8.78 Å². The normalized spacial score (nSPS) is 30.4. The Morgan fingerprint density at radius 2 is 1.88 bits per heavy atom. The number of hydrogen-bond acceptors (Lipinski definition) is 1. The molecule has 1 aromatic carbocycles. The van der Waals surface area contributed by atoms with Crippen LogP contribution >= 0.6 is 0 Å². The molecular formula is C13H16F2O. The highest BCUT2D eigenvalue weighted by atomic mass is 19.1. The van der Waals surface area contributed by atoms with Gasteiger partial charge in [-0.15, -0.1) is 0 Å². The van der Waals surface area contributed by atoms with Crippen molar-refractivity contribution >= 4 is 0 Å². The van der Waals surface area contributed by atoms with E-state index in [0.717, 1.165) is 18.9 Å². The van der Waals surface area contributed by atoms with Crippen molar-refractivity contribution in [2.45, 2.75) is 38.2 Å². The van der Waals surface area contributed by atoms with Crippen molar-refractivity contribution in [2.75, 3.05) is 0 Å². The van der Waals surface area contributed by atoms with E-state index >= 15 is 0 Å². The lowest BCUT2D eigenvalue weighted by molar-refractivity contribution is -0.0150. The molecule has 0 radical (unpaired) electrons. The van der Waals surface area contributed by atoms with E-state index in [4.69, 9.17) is 0 Å². The van der Waals surface area contributed by atoms with Gasteiger partial charge in [0.15, 0.2) is 0 Å². The van der Waals surface area contributed by atoms with Crippen molar-refractivity contribution in [1.82, 2.24) is 0 Å². The van der Waals surface area contributed by atoms with Gasteiger partial charge in [0, 0.05) is 11.6 Å². The highest BCUT2D eigenvalue weighted by molar-refractivity contribution is 5.25. The lowest BCUT2D eigenvalue weighted by Crippen LogP contribution is -2.31. The van der Waals surface area contributed by atoms with Crippen LogP contribution in [0.15, 0.2) is 18.2 Å². The van der Waals surface area contributed by atoms with Gasteiger partial charge >= 0.3 is 0 Å². The molecule has 2 rings (SSSR count). The minimum Gasteiger partial charge on any atom is -0.385 e. The summed E-state index contributed by atoms with van der Waals surface area (Å²) in [6.07, 6.45) is 2.87. The van der Waals surface area contributed by atoms with Crippen LogP contribution in [0.1, 0.15) is 38.2 Å². The van der Waals surface area contributed by atoms with Crippen LogP contribution in [0.2, 0.25) is 0 Å². The minimum absolute atomic E-state index is 0.237. The van der Waals surface area contributed by atoms with E-state index in [1.54, 1.807) is 0 Å². The SMILES string of the molecule is CC1CCC(O)(c2ccc(F)cc2F)CC1. The second-order valence-electron chi connectivity index (χ2n) is 4.84. The third-order valence-electron chi connectivity index (χ3n) is 3.53. The summed E-state index contributed by atoms with van der Waals surface area (Å²) in [7, 11) is 0. The zero-order chi connectivity index (χ0) is 11.8. The topological polar surface area (TPSA) is 20.2 Å². The Kier molecular flexibility index (Phi) is 2.98. The Labute approximate surface area is 94.1 Å². The lowest BCUT2D eigenvalue weighted by Gasteiger charge is -2.35.